The summed E-state index contributed by atoms with van der Waals surface area (Å²) >= 11 is 1.21. The van der Waals surface area contributed by atoms with E-state index >= 15 is 0 Å². The Morgan fingerprint density at radius 1 is 1.30 bits per heavy atom. The predicted octanol–water partition coefficient (Wildman–Crippen LogP) is 1.32. The normalized spacial score (nSPS) is 10.2. The molecule has 0 saturated heterocycles. The number of aromatic amines is 1. The van der Waals surface area contributed by atoms with Crippen molar-refractivity contribution in [1.29, 1.82) is 0 Å². The van der Waals surface area contributed by atoms with Gasteiger partial charge in [-0.15, -0.1) is 0 Å². The number of benzene rings is 1. The Hall–Kier alpha value is -2.15. The second-order valence-electron chi connectivity index (χ2n) is 3.93. The van der Waals surface area contributed by atoms with Crippen LogP contribution in [0.25, 0.3) is 0 Å². The number of H-pyrrole nitrogens is 1. The molecule has 2 N–H and O–H groups in total. The number of aromatic nitrogens is 2. The minimum absolute atomic E-state index is 0.169. The van der Waals surface area contributed by atoms with Crippen LogP contribution in [0.1, 0.15) is 5.56 Å². The maximum Gasteiger partial charge on any atom is 0.345 e. The standard InChI is InChI=1S/C13H12FN3O2S/c14-10-3-1-9(2-4-10)7-16-11(18)8-20-12-5-6-15-13(19)17-12/h1-6H,7-8H2,(H,16,18)(H,15,17,19). The quantitative estimate of drug-likeness (QED) is 0.644. The Bertz CT molecular complexity index is 643. The molecule has 0 bridgehead atoms. The molecular formula is C13H12FN3O2S. The number of nitrogens with zero attached hydrogens (tertiary/aromatic N) is 1. The van der Waals surface area contributed by atoms with Crippen LogP contribution in [0.4, 0.5) is 4.39 Å². The van der Waals surface area contributed by atoms with Crippen LogP contribution in [-0.2, 0) is 11.3 Å². The number of rotatable bonds is 5. The summed E-state index contributed by atoms with van der Waals surface area (Å²) in [5.41, 5.74) is 0.379. The number of hydrogen-bond acceptors (Lipinski definition) is 4. The second-order valence-corrected chi connectivity index (χ2v) is 4.95. The third kappa shape index (κ3) is 4.51. The zero-order valence-electron chi connectivity index (χ0n) is 10.4. The second kappa shape index (κ2) is 6.85. The molecule has 1 amide bonds. The first-order valence-electron chi connectivity index (χ1n) is 5.83. The molecule has 5 nitrogen and oxygen atoms in total. The van der Waals surface area contributed by atoms with E-state index in [-0.39, 0.29) is 17.5 Å². The lowest BCUT2D eigenvalue weighted by molar-refractivity contribution is -0.118. The van der Waals surface area contributed by atoms with Crippen LogP contribution in [0.15, 0.2) is 46.3 Å². The minimum atomic E-state index is -0.443. The molecule has 1 aromatic carbocycles. The van der Waals surface area contributed by atoms with Crippen molar-refractivity contribution in [3.05, 3.63) is 58.4 Å². The number of amides is 1. The van der Waals surface area contributed by atoms with Gasteiger partial charge in [0.2, 0.25) is 5.91 Å². The van der Waals surface area contributed by atoms with Crippen molar-refractivity contribution in [3.63, 3.8) is 0 Å². The average molecular weight is 293 g/mol. The fourth-order valence-corrected chi connectivity index (χ4v) is 2.14. The lowest BCUT2D eigenvalue weighted by atomic mass is 10.2. The molecule has 104 valence electrons. The lowest BCUT2D eigenvalue weighted by Crippen LogP contribution is -2.24. The number of halogens is 1. The Kier molecular flexibility index (Phi) is 4.89. The zero-order valence-corrected chi connectivity index (χ0v) is 11.2. The van der Waals surface area contributed by atoms with Gasteiger partial charge in [0.15, 0.2) is 0 Å². The highest BCUT2D eigenvalue weighted by molar-refractivity contribution is 7.99. The number of nitrogens with one attached hydrogen (secondary N) is 2. The molecule has 2 rings (SSSR count). The molecule has 1 aromatic heterocycles. The van der Waals surface area contributed by atoms with Crippen LogP contribution in [-0.4, -0.2) is 21.6 Å². The number of carbonyl (C=O) groups excluding carboxylic acids is 1. The molecule has 20 heavy (non-hydrogen) atoms. The predicted molar refractivity (Wildman–Crippen MR) is 73.8 cm³/mol. The molecule has 0 aliphatic rings. The first-order valence-corrected chi connectivity index (χ1v) is 6.81. The minimum Gasteiger partial charge on any atom is -0.351 e. The molecule has 0 atom stereocenters. The van der Waals surface area contributed by atoms with Crippen molar-refractivity contribution in [2.75, 3.05) is 5.75 Å². The Morgan fingerprint density at radius 2 is 2.05 bits per heavy atom. The van der Waals surface area contributed by atoms with E-state index in [1.54, 1.807) is 18.2 Å². The van der Waals surface area contributed by atoms with Gasteiger partial charge in [-0.3, -0.25) is 4.79 Å². The van der Waals surface area contributed by atoms with Crippen LogP contribution >= 0.6 is 11.8 Å². The molecule has 0 saturated carbocycles. The summed E-state index contributed by atoms with van der Waals surface area (Å²) in [6.45, 7) is 0.340. The first-order chi connectivity index (χ1) is 9.63. The third-order valence-corrected chi connectivity index (χ3v) is 3.37. The van der Waals surface area contributed by atoms with Gasteiger partial charge in [-0.25, -0.2) is 14.2 Å². The van der Waals surface area contributed by atoms with Gasteiger partial charge in [0, 0.05) is 12.7 Å². The summed E-state index contributed by atoms with van der Waals surface area (Å²) in [6, 6.07) is 7.54. The fourth-order valence-electron chi connectivity index (χ4n) is 1.43. The van der Waals surface area contributed by atoms with E-state index in [0.29, 0.717) is 11.6 Å². The Morgan fingerprint density at radius 3 is 2.75 bits per heavy atom. The van der Waals surface area contributed by atoms with Gasteiger partial charge < -0.3 is 10.3 Å². The summed E-state index contributed by atoms with van der Waals surface area (Å²) < 4.78 is 12.7. The van der Waals surface area contributed by atoms with Crippen molar-refractivity contribution in [1.82, 2.24) is 15.3 Å². The summed E-state index contributed by atoms with van der Waals surface area (Å²) in [6.07, 6.45) is 1.39. The molecule has 0 aliphatic heterocycles. The van der Waals surface area contributed by atoms with Crippen molar-refractivity contribution in [2.24, 2.45) is 0 Å². The highest BCUT2D eigenvalue weighted by atomic mass is 32.2. The van der Waals surface area contributed by atoms with E-state index in [1.807, 2.05) is 0 Å². The van der Waals surface area contributed by atoms with Crippen LogP contribution < -0.4 is 11.0 Å². The van der Waals surface area contributed by atoms with Gasteiger partial charge in [-0.1, -0.05) is 23.9 Å². The summed E-state index contributed by atoms with van der Waals surface area (Å²) in [5.74, 6) is -0.296. The van der Waals surface area contributed by atoms with Gasteiger partial charge in [0.25, 0.3) is 0 Å². The maximum atomic E-state index is 12.7. The Balaban J connectivity index is 1.78. The molecule has 1 heterocycles. The van der Waals surface area contributed by atoms with Crippen LogP contribution in [0.3, 0.4) is 0 Å². The molecule has 0 fully saturated rings. The summed E-state index contributed by atoms with van der Waals surface area (Å²) in [7, 11) is 0. The van der Waals surface area contributed by atoms with Gasteiger partial charge in [-0.2, -0.15) is 0 Å². The molecule has 7 heteroatoms. The van der Waals surface area contributed by atoms with Crippen LogP contribution in [0.5, 0.6) is 0 Å². The lowest BCUT2D eigenvalue weighted by Gasteiger charge is -2.05. The van der Waals surface area contributed by atoms with E-state index in [4.69, 9.17) is 0 Å². The topological polar surface area (TPSA) is 74.8 Å². The monoisotopic (exact) mass is 293 g/mol. The van der Waals surface area contributed by atoms with Crippen LogP contribution in [0, 0.1) is 5.82 Å². The van der Waals surface area contributed by atoms with Crippen LogP contribution in [0.2, 0.25) is 0 Å². The van der Waals surface area contributed by atoms with E-state index in [1.165, 1.54) is 30.1 Å². The molecule has 0 aliphatic carbocycles. The summed E-state index contributed by atoms with van der Waals surface area (Å²) in [5, 5.41) is 3.30. The third-order valence-electron chi connectivity index (χ3n) is 2.41. The average Bonchev–Trinajstić information content (AvgIpc) is 2.45. The van der Waals surface area contributed by atoms with Crippen molar-refractivity contribution in [3.8, 4) is 0 Å². The SMILES string of the molecule is O=C(CSc1ccnc(=O)[nH]1)NCc1ccc(F)cc1. The van der Waals surface area contributed by atoms with Crippen molar-refractivity contribution < 1.29 is 9.18 Å². The number of hydrogen-bond donors (Lipinski definition) is 2. The van der Waals surface area contributed by atoms with Crippen molar-refractivity contribution in [2.45, 2.75) is 11.6 Å². The maximum absolute atomic E-state index is 12.7. The molecular weight excluding hydrogens is 281 g/mol. The summed E-state index contributed by atoms with van der Waals surface area (Å²) in [4.78, 5) is 28.6. The van der Waals surface area contributed by atoms with E-state index < -0.39 is 5.69 Å². The van der Waals surface area contributed by atoms with Crippen molar-refractivity contribution >= 4 is 17.7 Å². The molecule has 0 radical (unpaired) electrons. The number of thioether (sulfide) groups is 1. The first kappa shape index (κ1) is 14.3. The fraction of sp³-hybridized carbons (Fsp3) is 0.154. The number of carbonyl (C=O) groups is 1. The smallest absolute Gasteiger partial charge is 0.345 e. The largest absolute Gasteiger partial charge is 0.351 e. The van der Waals surface area contributed by atoms with Gasteiger partial charge in [0.05, 0.1) is 10.8 Å². The molecule has 0 unspecified atom stereocenters. The highest BCUT2D eigenvalue weighted by Gasteiger charge is 2.03. The van der Waals surface area contributed by atoms with Gasteiger partial charge >= 0.3 is 5.69 Å². The molecule has 0 spiro atoms. The van der Waals surface area contributed by atoms with E-state index in [9.17, 15) is 14.0 Å². The van der Waals surface area contributed by atoms with E-state index in [0.717, 1.165) is 5.56 Å². The highest BCUT2D eigenvalue weighted by Crippen LogP contribution is 2.11. The van der Waals surface area contributed by atoms with Gasteiger partial charge in [0.1, 0.15) is 5.82 Å². The zero-order chi connectivity index (χ0) is 14.4. The Labute approximate surface area is 118 Å². The van der Waals surface area contributed by atoms with Gasteiger partial charge in [-0.05, 0) is 23.8 Å². The molecule has 2 aromatic rings. The van der Waals surface area contributed by atoms with E-state index in [2.05, 4.69) is 15.3 Å².